The number of hydrogen-bond donors (Lipinski definition) is 4. The quantitative estimate of drug-likeness (QED) is 0.170. The summed E-state index contributed by atoms with van der Waals surface area (Å²) in [6.45, 7) is 8.71. The molecule has 0 aliphatic rings. The number of ether oxygens (including phenoxy) is 2. The SMILES string of the molecule is C=CCC(CC(=O)NC(C)CO)C(=O)NCC(OC(=O)C(CC=C)NC(=O)OCc1ccccc1)c1ccccc1. The fraction of sp³-hybridized carbons (Fsp3) is 0.355. The highest BCUT2D eigenvalue weighted by molar-refractivity contribution is 5.86. The van der Waals surface area contributed by atoms with Gasteiger partial charge in [0.05, 0.1) is 19.1 Å². The molecule has 41 heavy (non-hydrogen) atoms. The van der Waals surface area contributed by atoms with E-state index in [1.165, 1.54) is 6.08 Å². The van der Waals surface area contributed by atoms with Crippen molar-refractivity contribution in [3.63, 3.8) is 0 Å². The number of carbonyl (C=O) groups excluding carboxylic acids is 4. The summed E-state index contributed by atoms with van der Waals surface area (Å²) in [5.41, 5.74) is 1.42. The van der Waals surface area contributed by atoms with Crippen molar-refractivity contribution in [2.75, 3.05) is 13.2 Å². The number of rotatable bonds is 17. The Labute approximate surface area is 240 Å². The number of allylic oxidation sites excluding steroid dienone is 1. The van der Waals surface area contributed by atoms with Crippen LogP contribution in [-0.2, 0) is 30.5 Å². The van der Waals surface area contributed by atoms with Crippen LogP contribution in [0.15, 0.2) is 86.0 Å². The van der Waals surface area contributed by atoms with Gasteiger partial charge in [-0.1, -0.05) is 72.8 Å². The van der Waals surface area contributed by atoms with Crippen molar-refractivity contribution >= 4 is 23.9 Å². The maximum Gasteiger partial charge on any atom is 0.408 e. The second-order valence-electron chi connectivity index (χ2n) is 9.44. The van der Waals surface area contributed by atoms with Crippen molar-refractivity contribution < 1.29 is 33.8 Å². The van der Waals surface area contributed by atoms with E-state index in [0.29, 0.717) is 5.56 Å². The summed E-state index contributed by atoms with van der Waals surface area (Å²) in [6, 6.07) is 16.4. The molecule has 3 amide bonds. The number of aliphatic hydroxyl groups is 1. The van der Waals surface area contributed by atoms with Gasteiger partial charge in [0.1, 0.15) is 18.8 Å². The van der Waals surface area contributed by atoms with Crippen LogP contribution in [-0.4, -0.2) is 54.2 Å². The molecule has 2 aromatic rings. The highest BCUT2D eigenvalue weighted by Gasteiger charge is 2.28. The van der Waals surface area contributed by atoms with Crippen LogP contribution in [0.4, 0.5) is 4.79 Å². The van der Waals surface area contributed by atoms with Crippen LogP contribution in [0, 0.1) is 5.92 Å². The third-order valence-corrected chi connectivity index (χ3v) is 6.02. The third-order valence-electron chi connectivity index (χ3n) is 6.02. The van der Waals surface area contributed by atoms with Gasteiger partial charge in [-0.15, -0.1) is 13.2 Å². The van der Waals surface area contributed by atoms with Gasteiger partial charge in [-0.3, -0.25) is 9.59 Å². The van der Waals surface area contributed by atoms with Crippen LogP contribution in [0.25, 0.3) is 0 Å². The van der Waals surface area contributed by atoms with E-state index in [1.807, 2.05) is 30.3 Å². The number of hydrogen-bond acceptors (Lipinski definition) is 7. The Balaban J connectivity index is 2.06. The number of esters is 1. The van der Waals surface area contributed by atoms with Crippen molar-refractivity contribution in [3.8, 4) is 0 Å². The lowest BCUT2D eigenvalue weighted by Crippen LogP contribution is -2.43. The zero-order valence-electron chi connectivity index (χ0n) is 23.3. The number of carbonyl (C=O) groups is 4. The van der Waals surface area contributed by atoms with Crippen LogP contribution >= 0.6 is 0 Å². The second-order valence-corrected chi connectivity index (χ2v) is 9.44. The molecule has 4 atom stereocenters. The number of amides is 3. The van der Waals surface area contributed by atoms with Gasteiger partial charge in [0.15, 0.2) is 0 Å². The monoisotopic (exact) mass is 565 g/mol. The molecule has 0 saturated heterocycles. The fourth-order valence-corrected chi connectivity index (χ4v) is 3.83. The molecule has 0 aromatic heterocycles. The minimum atomic E-state index is -1.07. The Morgan fingerprint density at radius 2 is 1.56 bits per heavy atom. The minimum absolute atomic E-state index is 0.0318. The van der Waals surface area contributed by atoms with Gasteiger partial charge < -0.3 is 30.5 Å². The Hall–Kier alpha value is -4.44. The van der Waals surface area contributed by atoms with E-state index in [2.05, 4.69) is 29.1 Å². The maximum atomic E-state index is 13.1. The van der Waals surface area contributed by atoms with E-state index in [4.69, 9.17) is 14.6 Å². The van der Waals surface area contributed by atoms with Gasteiger partial charge in [0.2, 0.25) is 11.8 Å². The van der Waals surface area contributed by atoms with Gasteiger partial charge in [-0.05, 0) is 30.9 Å². The van der Waals surface area contributed by atoms with Crippen molar-refractivity contribution in [1.82, 2.24) is 16.0 Å². The summed E-state index contributed by atoms with van der Waals surface area (Å²) >= 11 is 0. The highest BCUT2D eigenvalue weighted by atomic mass is 16.6. The number of aliphatic hydroxyl groups excluding tert-OH is 1. The van der Waals surface area contributed by atoms with Crippen LogP contribution < -0.4 is 16.0 Å². The molecule has 2 rings (SSSR count). The number of alkyl carbamates (subject to hydrolysis) is 1. The molecular weight excluding hydrogens is 526 g/mol. The number of nitrogens with one attached hydrogen (secondary N) is 3. The molecule has 0 fully saturated rings. The molecule has 0 spiro atoms. The fourth-order valence-electron chi connectivity index (χ4n) is 3.83. The summed E-state index contributed by atoms with van der Waals surface area (Å²) < 4.78 is 11.0. The lowest BCUT2D eigenvalue weighted by Gasteiger charge is -2.24. The second kappa shape index (κ2) is 18.0. The standard InChI is InChI=1S/C31H39N3O7/c1-4-12-25(18-28(36)33-22(3)20-35)29(37)32-19-27(24-16-10-7-11-17-24)41-30(38)26(13-5-2)34-31(39)40-21-23-14-8-6-9-15-23/h4-11,14-17,22,25-27,35H,1-2,12-13,18-21H2,3H3,(H,32,37)(H,33,36)(H,34,39). The zero-order valence-corrected chi connectivity index (χ0v) is 23.3. The van der Waals surface area contributed by atoms with E-state index in [9.17, 15) is 19.2 Å². The molecule has 0 aliphatic carbocycles. The molecule has 4 N–H and O–H groups in total. The van der Waals surface area contributed by atoms with Gasteiger partial charge in [0.25, 0.3) is 0 Å². The molecule has 10 heteroatoms. The van der Waals surface area contributed by atoms with Crippen molar-refractivity contribution in [2.24, 2.45) is 5.92 Å². The van der Waals surface area contributed by atoms with E-state index in [1.54, 1.807) is 43.3 Å². The molecule has 0 radical (unpaired) electrons. The summed E-state index contributed by atoms with van der Waals surface area (Å²) in [5.74, 6) is -2.24. The zero-order chi connectivity index (χ0) is 30.0. The molecule has 4 unspecified atom stereocenters. The first kappa shape index (κ1) is 32.8. The Morgan fingerprint density at radius 3 is 2.17 bits per heavy atom. The predicted octanol–water partition coefficient (Wildman–Crippen LogP) is 3.34. The van der Waals surface area contributed by atoms with Crippen molar-refractivity contribution in [3.05, 3.63) is 97.1 Å². The largest absolute Gasteiger partial charge is 0.454 e. The topological polar surface area (TPSA) is 143 Å². The average molecular weight is 566 g/mol. The minimum Gasteiger partial charge on any atom is -0.454 e. The lowest BCUT2D eigenvalue weighted by atomic mass is 9.99. The molecular formula is C31H39N3O7. The molecule has 0 aliphatic heterocycles. The number of benzene rings is 2. The summed E-state index contributed by atoms with van der Waals surface area (Å²) in [7, 11) is 0. The summed E-state index contributed by atoms with van der Waals surface area (Å²) in [4.78, 5) is 50.8. The first-order valence-corrected chi connectivity index (χ1v) is 13.4. The van der Waals surface area contributed by atoms with Crippen LogP contribution in [0.5, 0.6) is 0 Å². The smallest absolute Gasteiger partial charge is 0.408 e. The Bertz CT molecular complexity index is 1140. The molecule has 220 valence electrons. The summed E-state index contributed by atoms with van der Waals surface area (Å²) in [5, 5.41) is 17.1. The van der Waals surface area contributed by atoms with Gasteiger partial charge >= 0.3 is 12.1 Å². The first-order valence-electron chi connectivity index (χ1n) is 13.4. The van der Waals surface area contributed by atoms with Gasteiger partial charge in [0, 0.05) is 12.5 Å². The van der Waals surface area contributed by atoms with Crippen molar-refractivity contribution in [2.45, 2.75) is 51.0 Å². The van der Waals surface area contributed by atoms with E-state index in [0.717, 1.165) is 5.56 Å². The Morgan fingerprint density at radius 1 is 0.927 bits per heavy atom. The predicted molar refractivity (Wildman–Crippen MR) is 154 cm³/mol. The molecule has 0 saturated carbocycles. The molecule has 0 heterocycles. The van der Waals surface area contributed by atoms with Gasteiger partial charge in [-0.25, -0.2) is 9.59 Å². The van der Waals surface area contributed by atoms with E-state index < -0.39 is 42.1 Å². The lowest BCUT2D eigenvalue weighted by molar-refractivity contribution is -0.152. The average Bonchev–Trinajstić information content (AvgIpc) is 2.98. The van der Waals surface area contributed by atoms with E-state index in [-0.39, 0.29) is 44.9 Å². The Kier molecular flexibility index (Phi) is 14.4. The summed E-state index contributed by atoms with van der Waals surface area (Å²) in [6.07, 6.45) is 1.59. The molecule has 10 nitrogen and oxygen atoms in total. The molecule has 0 bridgehead atoms. The first-order chi connectivity index (χ1) is 19.8. The maximum absolute atomic E-state index is 13.1. The van der Waals surface area contributed by atoms with Crippen LogP contribution in [0.2, 0.25) is 0 Å². The van der Waals surface area contributed by atoms with E-state index >= 15 is 0 Å². The van der Waals surface area contributed by atoms with Crippen LogP contribution in [0.3, 0.4) is 0 Å². The van der Waals surface area contributed by atoms with Crippen LogP contribution in [0.1, 0.15) is 43.4 Å². The normalized spacial score (nSPS) is 13.4. The van der Waals surface area contributed by atoms with Crippen molar-refractivity contribution in [1.29, 1.82) is 0 Å². The van der Waals surface area contributed by atoms with Gasteiger partial charge in [-0.2, -0.15) is 0 Å². The molecule has 2 aromatic carbocycles. The highest BCUT2D eigenvalue weighted by Crippen LogP contribution is 2.19. The third kappa shape index (κ3) is 12.1.